The van der Waals surface area contributed by atoms with Crippen molar-refractivity contribution in [1.29, 1.82) is 0 Å². The van der Waals surface area contributed by atoms with Gasteiger partial charge in [0.05, 0.1) is 6.20 Å². The quantitative estimate of drug-likeness (QED) is 0.888. The largest absolute Gasteiger partial charge is 0.345 e. The lowest BCUT2D eigenvalue weighted by molar-refractivity contribution is 0.0828. The van der Waals surface area contributed by atoms with E-state index in [2.05, 4.69) is 14.9 Å². The Kier molecular flexibility index (Phi) is 3.82. The molecule has 2 aromatic heterocycles. The number of hydrogen-bond donors (Lipinski definition) is 2. The molecule has 0 aliphatic heterocycles. The van der Waals surface area contributed by atoms with Gasteiger partial charge in [-0.05, 0) is 19.1 Å². The number of carbonyl (C=O) groups excluding carboxylic acids is 1. The SMILES string of the molecule is Cc1ccc(S(=O)(=O)Nc2[nH]ncc2C(=O)N(C)C)s1. The minimum Gasteiger partial charge on any atom is -0.345 e. The van der Waals surface area contributed by atoms with Crippen molar-refractivity contribution in [3.05, 3.63) is 28.8 Å². The minimum absolute atomic E-state index is 0.0646. The fourth-order valence-corrected chi connectivity index (χ4v) is 3.83. The fourth-order valence-electron chi connectivity index (χ4n) is 1.51. The molecule has 2 N–H and O–H groups in total. The molecular weight excluding hydrogens is 300 g/mol. The van der Waals surface area contributed by atoms with Gasteiger partial charge >= 0.3 is 0 Å². The smallest absolute Gasteiger partial charge is 0.272 e. The van der Waals surface area contributed by atoms with Crippen LogP contribution in [0.3, 0.4) is 0 Å². The summed E-state index contributed by atoms with van der Waals surface area (Å²) in [6, 6.07) is 3.24. The lowest BCUT2D eigenvalue weighted by Gasteiger charge is -2.11. The Labute approximate surface area is 120 Å². The first-order valence-electron chi connectivity index (χ1n) is 5.65. The Balaban J connectivity index is 2.31. The molecule has 0 radical (unpaired) electrons. The van der Waals surface area contributed by atoms with Crippen molar-refractivity contribution in [2.45, 2.75) is 11.1 Å². The summed E-state index contributed by atoms with van der Waals surface area (Å²) in [5.74, 6) is -0.270. The van der Waals surface area contributed by atoms with Crippen LogP contribution in [-0.4, -0.2) is 43.5 Å². The van der Waals surface area contributed by atoms with Gasteiger partial charge in [-0.25, -0.2) is 8.42 Å². The third-order valence-electron chi connectivity index (χ3n) is 2.49. The molecule has 0 saturated heterocycles. The molecule has 0 atom stereocenters. The number of nitrogens with one attached hydrogen (secondary N) is 2. The second kappa shape index (κ2) is 5.25. The fraction of sp³-hybridized carbons (Fsp3) is 0.273. The summed E-state index contributed by atoms with van der Waals surface area (Å²) < 4.78 is 26.9. The van der Waals surface area contributed by atoms with Crippen LogP contribution in [0.2, 0.25) is 0 Å². The van der Waals surface area contributed by atoms with E-state index in [1.807, 2.05) is 6.92 Å². The number of nitrogens with zero attached hydrogens (tertiary/aromatic N) is 2. The molecule has 0 spiro atoms. The molecule has 0 fully saturated rings. The standard InChI is InChI=1S/C11H14N4O3S2/c1-7-4-5-9(19-7)20(17,18)14-10-8(6-12-13-10)11(16)15(2)3/h4-6H,1-3H3,(H2,12,13,14). The average molecular weight is 314 g/mol. The Morgan fingerprint density at radius 1 is 1.40 bits per heavy atom. The number of rotatable bonds is 4. The molecule has 9 heteroatoms. The second-order valence-electron chi connectivity index (χ2n) is 4.33. The zero-order valence-electron chi connectivity index (χ0n) is 11.2. The molecule has 0 bridgehead atoms. The van der Waals surface area contributed by atoms with E-state index in [0.29, 0.717) is 0 Å². The van der Waals surface area contributed by atoms with E-state index < -0.39 is 10.0 Å². The van der Waals surface area contributed by atoms with E-state index in [9.17, 15) is 13.2 Å². The number of aryl methyl sites for hydroxylation is 1. The predicted octanol–water partition coefficient (Wildman–Crippen LogP) is 1.28. The summed E-state index contributed by atoms with van der Waals surface area (Å²) >= 11 is 1.16. The van der Waals surface area contributed by atoms with Gasteiger partial charge in [-0.3, -0.25) is 14.6 Å². The monoisotopic (exact) mass is 314 g/mol. The van der Waals surface area contributed by atoms with Crippen LogP contribution in [-0.2, 0) is 10.0 Å². The second-order valence-corrected chi connectivity index (χ2v) is 7.53. The number of carbonyl (C=O) groups is 1. The van der Waals surface area contributed by atoms with Gasteiger partial charge in [0.2, 0.25) is 0 Å². The normalized spacial score (nSPS) is 11.3. The van der Waals surface area contributed by atoms with Crippen LogP contribution in [0.15, 0.2) is 22.5 Å². The molecule has 1 amide bonds. The number of sulfonamides is 1. The molecule has 0 aliphatic carbocycles. The van der Waals surface area contributed by atoms with Crippen molar-refractivity contribution in [3.63, 3.8) is 0 Å². The molecule has 2 rings (SSSR count). The molecule has 0 aliphatic rings. The maximum atomic E-state index is 12.2. The highest BCUT2D eigenvalue weighted by Gasteiger charge is 2.22. The third kappa shape index (κ3) is 2.83. The molecule has 0 unspecified atom stereocenters. The predicted molar refractivity (Wildman–Crippen MR) is 76.5 cm³/mol. The van der Waals surface area contributed by atoms with Crippen molar-refractivity contribution in [2.24, 2.45) is 0 Å². The Morgan fingerprint density at radius 3 is 2.65 bits per heavy atom. The van der Waals surface area contributed by atoms with Gasteiger partial charge in [-0.1, -0.05) is 0 Å². The van der Waals surface area contributed by atoms with Gasteiger partial charge in [-0.2, -0.15) is 5.10 Å². The molecule has 2 heterocycles. The van der Waals surface area contributed by atoms with E-state index in [1.165, 1.54) is 17.2 Å². The maximum absolute atomic E-state index is 12.2. The van der Waals surface area contributed by atoms with Crippen LogP contribution in [0.1, 0.15) is 15.2 Å². The molecule has 108 valence electrons. The van der Waals surface area contributed by atoms with Crippen molar-refractivity contribution in [1.82, 2.24) is 15.1 Å². The topological polar surface area (TPSA) is 95.2 Å². The lowest BCUT2D eigenvalue weighted by Crippen LogP contribution is -2.23. The molecular formula is C11H14N4O3S2. The third-order valence-corrected chi connectivity index (χ3v) is 5.34. The van der Waals surface area contributed by atoms with E-state index in [-0.39, 0.29) is 21.5 Å². The molecule has 20 heavy (non-hydrogen) atoms. The summed E-state index contributed by atoms with van der Waals surface area (Å²) in [6.07, 6.45) is 1.29. The summed E-state index contributed by atoms with van der Waals surface area (Å²) in [7, 11) is -0.558. The molecule has 7 nitrogen and oxygen atoms in total. The van der Waals surface area contributed by atoms with Crippen LogP contribution >= 0.6 is 11.3 Å². The van der Waals surface area contributed by atoms with E-state index in [0.717, 1.165) is 16.2 Å². The van der Waals surface area contributed by atoms with E-state index in [1.54, 1.807) is 20.2 Å². The summed E-state index contributed by atoms with van der Waals surface area (Å²) in [6.45, 7) is 1.82. The number of H-pyrrole nitrogens is 1. The first-order chi connectivity index (χ1) is 9.31. The van der Waals surface area contributed by atoms with Crippen molar-refractivity contribution in [2.75, 3.05) is 18.8 Å². The Morgan fingerprint density at radius 2 is 2.10 bits per heavy atom. The molecule has 2 aromatic rings. The number of amides is 1. The van der Waals surface area contributed by atoms with E-state index >= 15 is 0 Å². The number of hydrogen-bond acceptors (Lipinski definition) is 5. The zero-order chi connectivity index (χ0) is 14.9. The number of thiophene rings is 1. The van der Waals surface area contributed by atoms with Crippen molar-refractivity contribution >= 4 is 33.1 Å². The summed E-state index contributed by atoms with van der Waals surface area (Å²) in [4.78, 5) is 14.1. The van der Waals surface area contributed by atoms with Gasteiger partial charge < -0.3 is 4.90 Å². The van der Waals surface area contributed by atoms with Gasteiger partial charge in [0.15, 0.2) is 0 Å². The highest BCUT2D eigenvalue weighted by Crippen LogP contribution is 2.24. The van der Waals surface area contributed by atoms with Gasteiger partial charge in [0.25, 0.3) is 15.9 Å². The van der Waals surface area contributed by atoms with Gasteiger partial charge in [-0.15, -0.1) is 11.3 Å². The summed E-state index contributed by atoms with van der Waals surface area (Å²) in [5.41, 5.74) is 0.173. The Hall–Kier alpha value is -1.87. The number of aromatic nitrogens is 2. The first-order valence-corrected chi connectivity index (χ1v) is 7.95. The average Bonchev–Trinajstić information content (AvgIpc) is 2.97. The molecule has 0 aromatic carbocycles. The minimum atomic E-state index is -3.72. The number of anilines is 1. The highest BCUT2D eigenvalue weighted by molar-refractivity contribution is 7.94. The van der Waals surface area contributed by atoms with Gasteiger partial charge in [0, 0.05) is 19.0 Å². The first kappa shape index (κ1) is 14.5. The van der Waals surface area contributed by atoms with Crippen LogP contribution in [0.25, 0.3) is 0 Å². The highest BCUT2D eigenvalue weighted by atomic mass is 32.2. The zero-order valence-corrected chi connectivity index (χ0v) is 12.8. The maximum Gasteiger partial charge on any atom is 0.272 e. The van der Waals surface area contributed by atoms with Gasteiger partial charge in [0.1, 0.15) is 15.6 Å². The lowest BCUT2D eigenvalue weighted by atomic mass is 10.3. The van der Waals surface area contributed by atoms with Crippen LogP contribution in [0.5, 0.6) is 0 Å². The van der Waals surface area contributed by atoms with Crippen molar-refractivity contribution < 1.29 is 13.2 Å². The van der Waals surface area contributed by atoms with Crippen molar-refractivity contribution in [3.8, 4) is 0 Å². The van der Waals surface area contributed by atoms with Crippen LogP contribution in [0, 0.1) is 6.92 Å². The molecule has 0 saturated carbocycles. The van der Waals surface area contributed by atoms with Crippen LogP contribution in [0.4, 0.5) is 5.82 Å². The number of aromatic amines is 1. The Bertz CT molecular complexity index is 730. The van der Waals surface area contributed by atoms with Crippen LogP contribution < -0.4 is 4.72 Å². The summed E-state index contributed by atoms with van der Waals surface area (Å²) in [5, 5.41) is 6.20. The van der Waals surface area contributed by atoms with E-state index in [4.69, 9.17) is 0 Å².